The van der Waals surface area contributed by atoms with Gasteiger partial charge in [0, 0.05) is 25.4 Å². The highest BCUT2D eigenvalue weighted by Gasteiger charge is 2.26. The lowest BCUT2D eigenvalue weighted by atomic mass is 9.91. The third kappa shape index (κ3) is 2.82. The molecule has 0 aromatic carbocycles. The number of aliphatic hydroxyl groups excluding tert-OH is 1. The van der Waals surface area contributed by atoms with Gasteiger partial charge in [0.05, 0.1) is 10.7 Å². The highest BCUT2D eigenvalue weighted by Crippen LogP contribution is 2.32. The standard InChI is InChI=1S/C12H18ClN3O/c13-9-7-11(14)12(15-8-9)16(5-2-6-17)10-3-1-4-10/h7-8,10,17H,1-6,14H2. The van der Waals surface area contributed by atoms with Gasteiger partial charge in [0.2, 0.25) is 0 Å². The number of aromatic nitrogens is 1. The molecule has 1 aromatic rings. The largest absolute Gasteiger partial charge is 0.396 e. The Morgan fingerprint density at radius 2 is 2.29 bits per heavy atom. The van der Waals surface area contributed by atoms with Crippen molar-refractivity contribution >= 4 is 23.1 Å². The molecule has 0 spiro atoms. The van der Waals surface area contributed by atoms with Crippen molar-refractivity contribution in [2.24, 2.45) is 0 Å². The van der Waals surface area contributed by atoms with Gasteiger partial charge in [-0.2, -0.15) is 0 Å². The second kappa shape index (κ2) is 5.56. The van der Waals surface area contributed by atoms with Gasteiger partial charge < -0.3 is 15.7 Å². The van der Waals surface area contributed by atoms with E-state index in [9.17, 15) is 0 Å². The Kier molecular flexibility index (Phi) is 4.07. The van der Waals surface area contributed by atoms with Crippen LogP contribution in [0.15, 0.2) is 12.3 Å². The third-order valence-corrected chi connectivity index (χ3v) is 3.41. The summed E-state index contributed by atoms with van der Waals surface area (Å²) in [4.78, 5) is 6.52. The predicted octanol–water partition coefficient (Wildman–Crippen LogP) is 2.06. The van der Waals surface area contributed by atoms with Crippen LogP contribution in [0, 0.1) is 0 Å². The number of hydrogen-bond donors (Lipinski definition) is 2. The zero-order valence-corrected chi connectivity index (χ0v) is 10.5. The van der Waals surface area contributed by atoms with E-state index < -0.39 is 0 Å². The van der Waals surface area contributed by atoms with Crippen molar-refractivity contribution in [1.82, 2.24) is 4.98 Å². The summed E-state index contributed by atoms with van der Waals surface area (Å²) in [6, 6.07) is 2.24. The van der Waals surface area contributed by atoms with E-state index in [0.717, 1.165) is 18.8 Å². The number of aliphatic hydroxyl groups is 1. The van der Waals surface area contributed by atoms with Crippen LogP contribution in [0.2, 0.25) is 5.02 Å². The van der Waals surface area contributed by atoms with Crippen molar-refractivity contribution < 1.29 is 5.11 Å². The molecule has 0 bridgehead atoms. The Balaban J connectivity index is 2.17. The van der Waals surface area contributed by atoms with Crippen molar-refractivity contribution in [3.05, 3.63) is 17.3 Å². The predicted molar refractivity (Wildman–Crippen MR) is 70.3 cm³/mol. The number of nitrogens with zero attached hydrogens (tertiary/aromatic N) is 2. The van der Waals surface area contributed by atoms with Crippen LogP contribution in [0.5, 0.6) is 0 Å². The van der Waals surface area contributed by atoms with Gasteiger partial charge in [0.25, 0.3) is 0 Å². The number of pyridine rings is 1. The van der Waals surface area contributed by atoms with Gasteiger partial charge in [0.15, 0.2) is 5.82 Å². The van der Waals surface area contributed by atoms with E-state index in [1.165, 1.54) is 19.3 Å². The lowest BCUT2D eigenvalue weighted by molar-refractivity contribution is 0.282. The van der Waals surface area contributed by atoms with Crippen LogP contribution >= 0.6 is 11.6 Å². The summed E-state index contributed by atoms with van der Waals surface area (Å²) in [5.41, 5.74) is 6.57. The molecule has 4 nitrogen and oxygen atoms in total. The molecule has 1 fully saturated rings. The maximum absolute atomic E-state index is 8.95. The van der Waals surface area contributed by atoms with E-state index in [1.807, 2.05) is 0 Å². The average Bonchev–Trinajstić information content (AvgIpc) is 2.22. The van der Waals surface area contributed by atoms with Crippen LogP contribution in [0.4, 0.5) is 11.5 Å². The molecule has 0 saturated heterocycles. The van der Waals surface area contributed by atoms with Crippen molar-refractivity contribution in [3.63, 3.8) is 0 Å². The molecule has 5 heteroatoms. The van der Waals surface area contributed by atoms with Crippen molar-refractivity contribution in [3.8, 4) is 0 Å². The topological polar surface area (TPSA) is 62.4 Å². The SMILES string of the molecule is Nc1cc(Cl)cnc1N(CCCO)C1CCC1. The number of anilines is 2. The fourth-order valence-electron chi connectivity index (χ4n) is 2.09. The number of nitrogen functional groups attached to an aromatic ring is 1. The monoisotopic (exact) mass is 255 g/mol. The van der Waals surface area contributed by atoms with Gasteiger partial charge in [-0.15, -0.1) is 0 Å². The molecular formula is C12H18ClN3O. The smallest absolute Gasteiger partial charge is 0.152 e. The fourth-order valence-corrected chi connectivity index (χ4v) is 2.25. The fraction of sp³-hybridized carbons (Fsp3) is 0.583. The Hall–Kier alpha value is -1.00. The molecule has 1 aromatic heterocycles. The minimum Gasteiger partial charge on any atom is -0.396 e. The van der Waals surface area contributed by atoms with E-state index in [1.54, 1.807) is 12.3 Å². The highest BCUT2D eigenvalue weighted by molar-refractivity contribution is 6.30. The van der Waals surface area contributed by atoms with Crippen molar-refractivity contribution in [1.29, 1.82) is 0 Å². The molecule has 0 amide bonds. The number of nitrogens with two attached hydrogens (primary N) is 1. The zero-order valence-electron chi connectivity index (χ0n) is 9.77. The van der Waals surface area contributed by atoms with Crippen molar-refractivity contribution in [2.45, 2.75) is 31.7 Å². The first-order chi connectivity index (χ1) is 8.22. The van der Waals surface area contributed by atoms with Crippen LogP contribution in [0.3, 0.4) is 0 Å². The molecular weight excluding hydrogens is 238 g/mol. The molecule has 2 rings (SSSR count). The average molecular weight is 256 g/mol. The third-order valence-electron chi connectivity index (χ3n) is 3.21. The van der Waals surface area contributed by atoms with Gasteiger partial charge in [-0.1, -0.05) is 11.6 Å². The summed E-state index contributed by atoms with van der Waals surface area (Å²) >= 11 is 5.85. The normalized spacial score (nSPS) is 15.6. The van der Waals surface area contributed by atoms with Crippen molar-refractivity contribution in [2.75, 3.05) is 23.8 Å². The molecule has 0 atom stereocenters. The molecule has 17 heavy (non-hydrogen) atoms. The van der Waals surface area contributed by atoms with Gasteiger partial charge >= 0.3 is 0 Å². The Morgan fingerprint density at radius 1 is 1.53 bits per heavy atom. The summed E-state index contributed by atoms with van der Waals surface area (Å²) in [6.45, 7) is 0.983. The Morgan fingerprint density at radius 3 is 2.82 bits per heavy atom. The molecule has 0 unspecified atom stereocenters. The molecule has 1 saturated carbocycles. The van der Waals surface area contributed by atoms with Crippen LogP contribution < -0.4 is 10.6 Å². The van der Waals surface area contributed by atoms with Gasteiger partial charge in [0.1, 0.15) is 0 Å². The van der Waals surface area contributed by atoms with Crippen LogP contribution in [0.1, 0.15) is 25.7 Å². The molecule has 0 radical (unpaired) electrons. The first kappa shape index (κ1) is 12.5. The molecule has 3 N–H and O–H groups in total. The summed E-state index contributed by atoms with van der Waals surface area (Å²) in [5, 5.41) is 9.51. The number of halogens is 1. The second-order valence-electron chi connectivity index (χ2n) is 4.42. The van der Waals surface area contributed by atoms with Crippen LogP contribution in [-0.2, 0) is 0 Å². The molecule has 1 heterocycles. The maximum Gasteiger partial charge on any atom is 0.152 e. The quantitative estimate of drug-likeness (QED) is 0.846. The van der Waals surface area contributed by atoms with E-state index in [-0.39, 0.29) is 6.61 Å². The van der Waals surface area contributed by atoms with E-state index in [4.69, 9.17) is 22.4 Å². The molecule has 1 aliphatic rings. The van der Waals surface area contributed by atoms with Gasteiger partial charge in [-0.3, -0.25) is 0 Å². The Bertz CT molecular complexity index is 382. The Labute approximate surface area is 106 Å². The van der Waals surface area contributed by atoms with Gasteiger partial charge in [-0.05, 0) is 31.7 Å². The van der Waals surface area contributed by atoms with Crippen LogP contribution in [-0.4, -0.2) is 29.3 Å². The number of rotatable bonds is 5. The first-order valence-corrected chi connectivity index (χ1v) is 6.38. The van der Waals surface area contributed by atoms with Crippen LogP contribution in [0.25, 0.3) is 0 Å². The highest BCUT2D eigenvalue weighted by atomic mass is 35.5. The summed E-state index contributed by atoms with van der Waals surface area (Å²) in [6.07, 6.45) is 5.97. The molecule has 94 valence electrons. The van der Waals surface area contributed by atoms with E-state index in [2.05, 4.69) is 9.88 Å². The minimum absolute atomic E-state index is 0.191. The van der Waals surface area contributed by atoms with Gasteiger partial charge in [-0.25, -0.2) is 4.98 Å². The van der Waals surface area contributed by atoms with E-state index in [0.29, 0.717) is 16.8 Å². The summed E-state index contributed by atoms with van der Waals surface area (Å²) < 4.78 is 0. The maximum atomic E-state index is 8.95. The summed E-state index contributed by atoms with van der Waals surface area (Å²) in [5.74, 6) is 0.799. The summed E-state index contributed by atoms with van der Waals surface area (Å²) in [7, 11) is 0. The molecule has 0 aliphatic heterocycles. The lowest BCUT2D eigenvalue weighted by Crippen LogP contribution is -2.42. The zero-order chi connectivity index (χ0) is 12.3. The second-order valence-corrected chi connectivity index (χ2v) is 4.86. The number of hydrogen-bond acceptors (Lipinski definition) is 4. The minimum atomic E-state index is 0.191. The molecule has 1 aliphatic carbocycles. The first-order valence-electron chi connectivity index (χ1n) is 6.01. The van der Waals surface area contributed by atoms with E-state index >= 15 is 0 Å². The lowest BCUT2D eigenvalue weighted by Gasteiger charge is -2.39.